The molecule has 0 spiro atoms. The molecule has 0 aliphatic carbocycles. The molecule has 17 heavy (non-hydrogen) atoms. The van der Waals surface area contributed by atoms with Crippen molar-refractivity contribution >= 4 is 16.9 Å². The zero-order valence-electron chi connectivity index (χ0n) is 10.3. The highest BCUT2D eigenvalue weighted by atomic mass is 15.1. The third kappa shape index (κ3) is 2.39. The van der Waals surface area contributed by atoms with E-state index in [2.05, 4.69) is 22.2 Å². The van der Waals surface area contributed by atoms with Gasteiger partial charge in [0, 0.05) is 25.8 Å². The molecule has 2 aromatic rings. The summed E-state index contributed by atoms with van der Waals surface area (Å²) >= 11 is 0. The second-order valence-corrected chi connectivity index (χ2v) is 4.25. The fraction of sp³-hybridized carbons (Fsp3) is 0.500. The maximum absolute atomic E-state index is 5.74. The highest BCUT2D eigenvalue weighted by Gasteiger charge is 2.10. The minimum atomic E-state index is 0.264. The molecule has 5 heteroatoms. The van der Waals surface area contributed by atoms with Crippen LogP contribution in [0.15, 0.2) is 18.6 Å². The third-order valence-corrected chi connectivity index (χ3v) is 2.91. The van der Waals surface area contributed by atoms with Crippen LogP contribution in [0.3, 0.4) is 0 Å². The van der Waals surface area contributed by atoms with Crippen LogP contribution in [0.4, 0.5) is 5.82 Å². The number of rotatable bonds is 5. The molecule has 1 unspecified atom stereocenters. The smallest absolute Gasteiger partial charge is 0.154 e. The first kappa shape index (κ1) is 11.9. The summed E-state index contributed by atoms with van der Waals surface area (Å²) in [7, 11) is 1.98. The number of aryl methyl sites for hydroxylation is 1. The molecule has 0 saturated carbocycles. The SMILES string of the molecule is CCCC(CN)Nc1nccc2c1ncn2C. The van der Waals surface area contributed by atoms with Crippen LogP contribution in [0, 0.1) is 0 Å². The Kier molecular flexibility index (Phi) is 3.58. The molecule has 1 atom stereocenters. The minimum Gasteiger partial charge on any atom is -0.364 e. The summed E-state index contributed by atoms with van der Waals surface area (Å²) in [5, 5.41) is 3.37. The molecule has 92 valence electrons. The number of fused-ring (bicyclic) bond motifs is 1. The number of nitrogens with zero attached hydrogens (tertiary/aromatic N) is 3. The summed E-state index contributed by atoms with van der Waals surface area (Å²) in [6, 6.07) is 2.23. The van der Waals surface area contributed by atoms with Crippen LogP contribution in [-0.2, 0) is 7.05 Å². The number of hydrogen-bond acceptors (Lipinski definition) is 4. The monoisotopic (exact) mass is 233 g/mol. The molecule has 5 nitrogen and oxygen atoms in total. The van der Waals surface area contributed by atoms with Crippen LogP contribution < -0.4 is 11.1 Å². The zero-order chi connectivity index (χ0) is 12.3. The van der Waals surface area contributed by atoms with Gasteiger partial charge in [0.25, 0.3) is 0 Å². The highest BCUT2D eigenvalue weighted by Crippen LogP contribution is 2.19. The van der Waals surface area contributed by atoms with Crippen molar-refractivity contribution in [1.29, 1.82) is 0 Å². The Bertz CT molecular complexity index is 491. The highest BCUT2D eigenvalue weighted by molar-refractivity contribution is 5.85. The Morgan fingerprint density at radius 2 is 2.29 bits per heavy atom. The van der Waals surface area contributed by atoms with Gasteiger partial charge in [-0.15, -0.1) is 0 Å². The van der Waals surface area contributed by atoms with Gasteiger partial charge in [0.2, 0.25) is 0 Å². The lowest BCUT2D eigenvalue weighted by Crippen LogP contribution is -2.29. The average Bonchev–Trinajstić information content (AvgIpc) is 2.72. The van der Waals surface area contributed by atoms with E-state index in [1.165, 1.54) is 0 Å². The molecular formula is C12H19N5. The lowest BCUT2D eigenvalue weighted by Gasteiger charge is -2.16. The first-order chi connectivity index (χ1) is 8.26. The molecule has 0 fully saturated rings. The Morgan fingerprint density at radius 3 is 3.00 bits per heavy atom. The Hall–Kier alpha value is -1.62. The number of anilines is 1. The fourth-order valence-corrected chi connectivity index (χ4v) is 1.96. The van der Waals surface area contributed by atoms with Gasteiger partial charge in [-0.05, 0) is 12.5 Å². The molecule has 0 aliphatic rings. The summed E-state index contributed by atoms with van der Waals surface area (Å²) in [6.45, 7) is 2.76. The molecule has 0 saturated heterocycles. The molecule has 3 N–H and O–H groups in total. The van der Waals surface area contributed by atoms with Crippen LogP contribution in [0.1, 0.15) is 19.8 Å². The Labute approximate surface area is 101 Å². The number of imidazole rings is 1. The first-order valence-corrected chi connectivity index (χ1v) is 5.99. The van der Waals surface area contributed by atoms with E-state index in [4.69, 9.17) is 5.73 Å². The molecule has 0 aliphatic heterocycles. The van der Waals surface area contributed by atoms with Crippen molar-refractivity contribution in [2.45, 2.75) is 25.8 Å². The van der Waals surface area contributed by atoms with Crippen LogP contribution in [-0.4, -0.2) is 27.1 Å². The number of aromatic nitrogens is 3. The topological polar surface area (TPSA) is 68.8 Å². The molecule has 2 heterocycles. The van der Waals surface area contributed by atoms with E-state index in [0.29, 0.717) is 6.54 Å². The van der Waals surface area contributed by atoms with Crippen molar-refractivity contribution in [2.24, 2.45) is 12.8 Å². The second-order valence-electron chi connectivity index (χ2n) is 4.25. The van der Waals surface area contributed by atoms with Gasteiger partial charge in [-0.1, -0.05) is 13.3 Å². The Morgan fingerprint density at radius 1 is 1.47 bits per heavy atom. The van der Waals surface area contributed by atoms with Crippen molar-refractivity contribution in [1.82, 2.24) is 14.5 Å². The summed E-state index contributed by atoms with van der Waals surface area (Å²) < 4.78 is 1.99. The van der Waals surface area contributed by atoms with Crippen molar-refractivity contribution in [3.63, 3.8) is 0 Å². The van der Waals surface area contributed by atoms with Gasteiger partial charge >= 0.3 is 0 Å². The van der Waals surface area contributed by atoms with E-state index in [9.17, 15) is 0 Å². The molecule has 0 radical (unpaired) electrons. The van der Waals surface area contributed by atoms with Gasteiger partial charge in [0.15, 0.2) is 5.82 Å². The summed E-state index contributed by atoms with van der Waals surface area (Å²) in [5.41, 5.74) is 7.73. The standard InChI is InChI=1S/C12H19N5/c1-3-4-9(7-13)16-12-11-10(5-6-14-12)17(2)8-15-11/h5-6,8-9H,3-4,7,13H2,1-2H3,(H,14,16). The normalized spacial score (nSPS) is 12.9. The largest absolute Gasteiger partial charge is 0.364 e. The van der Waals surface area contributed by atoms with Crippen LogP contribution >= 0.6 is 0 Å². The van der Waals surface area contributed by atoms with Crippen molar-refractivity contribution in [3.8, 4) is 0 Å². The van der Waals surface area contributed by atoms with E-state index in [-0.39, 0.29) is 6.04 Å². The van der Waals surface area contributed by atoms with Gasteiger partial charge in [-0.2, -0.15) is 0 Å². The number of nitrogens with two attached hydrogens (primary N) is 1. The predicted octanol–water partition coefficient (Wildman–Crippen LogP) is 1.51. The van der Waals surface area contributed by atoms with E-state index in [0.717, 1.165) is 29.7 Å². The maximum Gasteiger partial charge on any atom is 0.154 e. The molecule has 0 aromatic carbocycles. The predicted molar refractivity (Wildman–Crippen MR) is 69.9 cm³/mol. The van der Waals surface area contributed by atoms with Gasteiger partial charge in [-0.3, -0.25) is 0 Å². The first-order valence-electron chi connectivity index (χ1n) is 5.99. The van der Waals surface area contributed by atoms with E-state index in [1.807, 2.05) is 17.7 Å². The van der Waals surface area contributed by atoms with Crippen LogP contribution in [0.2, 0.25) is 0 Å². The molecule has 2 rings (SSSR count). The lowest BCUT2D eigenvalue weighted by molar-refractivity contribution is 0.646. The average molecular weight is 233 g/mol. The van der Waals surface area contributed by atoms with Gasteiger partial charge < -0.3 is 15.6 Å². The molecular weight excluding hydrogens is 214 g/mol. The summed E-state index contributed by atoms with van der Waals surface area (Å²) in [4.78, 5) is 8.71. The van der Waals surface area contributed by atoms with Gasteiger partial charge in [0.05, 0.1) is 11.8 Å². The zero-order valence-corrected chi connectivity index (χ0v) is 10.3. The number of pyridine rings is 1. The third-order valence-electron chi connectivity index (χ3n) is 2.91. The molecule has 0 bridgehead atoms. The van der Waals surface area contributed by atoms with Crippen molar-refractivity contribution in [3.05, 3.63) is 18.6 Å². The number of hydrogen-bond donors (Lipinski definition) is 2. The minimum absolute atomic E-state index is 0.264. The number of nitrogens with one attached hydrogen (secondary N) is 1. The molecule has 0 amide bonds. The van der Waals surface area contributed by atoms with Crippen molar-refractivity contribution < 1.29 is 0 Å². The van der Waals surface area contributed by atoms with Crippen LogP contribution in [0.5, 0.6) is 0 Å². The van der Waals surface area contributed by atoms with E-state index in [1.54, 1.807) is 12.5 Å². The van der Waals surface area contributed by atoms with E-state index < -0.39 is 0 Å². The quantitative estimate of drug-likeness (QED) is 0.821. The van der Waals surface area contributed by atoms with E-state index >= 15 is 0 Å². The van der Waals surface area contributed by atoms with Crippen molar-refractivity contribution in [2.75, 3.05) is 11.9 Å². The summed E-state index contributed by atoms with van der Waals surface area (Å²) in [6.07, 6.45) is 5.75. The Balaban J connectivity index is 2.29. The second kappa shape index (κ2) is 5.14. The summed E-state index contributed by atoms with van der Waals surface area (Å²) in [5.74, 6) is 0.826. The fourth-order valence-electron chi connectivity index (χ4n) is 1.96. The van der Waals surface area contributed by atoms with Crippen LogP contribution in [0.25, 0.3) is 11.0 Å². The maximum atomic E-state index is 5.74. The van der Waals surface area contributed by atoms with Gasteiger partial charge in [0.1, 0.15) is 5.52 Å². The lowest BCUT2D eigenvalue weighted by atomic mass is 10.1. The van der Waals surface area contributed by atoms with Gasteiger partial charge in [-0.25, -0.2) is 9.97 Å². The molecule has 2 aromatic heterocycles.